The SMILES string of the molecule is CC(C)(O)c1cnc(CSc2ccccc2)s1. The standard InChI is InChI=1S/C13H15NOS2/c1-13(2,15)11-8-14-12(17-11)9-16-10-6-4-3-5-7-10/h3-8,15H,9H2,1-2H3. The summed E-state index contributed by atoms with van der Waals surface area (Å²) in [4.78, 5) is 6.50. The van der Waals surface area contributed by atoms with Crippen molar-refractivity contribution in [2.75, 3.05) is 0 Å². The molecule has 0 aliphatic rings. The molecule has 0 spiro atoms. The van der Waals surface area contributed by atoms with E-state index in [-0.39, 0.29) is 0 Å². The average Bonchev–Trinajstić information content (AvgIpc) is 2.76. The smallest absolute Gasteiger partial charge is 0.103 e. The minimum Gasteiger partial charge on any atom is -0.385 e. The van der Waals surface area contributed by atoms with Gasteiger partial charge >= 0.3 is 0 Å². The van der Waals surface area contributed by atoms with E-state index in [1.54, 1.807) is 43.1 Å². The second kappa shape index (κ2) is 5.21. The second-order valence-corrected chi connectivity index (χ2v) is 6.44. The molecule has 1 N–H and O–H groups in total. The van der Waals surface area contributed by atoms with Gasteiger partial charge in [0.05, 0.1) is 16.2 Å². The Balaban J connectivity index is 1.99. The fraction of sp³-hybridized carbons (Fsp3) is 0.308. The molecule has 17 heavy (non-hydrogen) atoms. The topological polar surface area (TPSA) is 33.1 Å². The number of hydrogen-bond acceptors (Lipinski definition) is 4. The van der Waals surface area contributed by atoms with E-state index in [1.165, 1.54) is 4.90 Å². The quantitative estimate of drug-likeness (QED) is 0.856. The maximum Gasteiger partial charge on any atom is 0.103 e. The van der Waals surface area contributed by atoms with E-state index in [0.717, 1.165) is 15.6 Å². The van der Waals surface area contributed by atoms with Gasteiger partial charge in [0, 0.05) is 11.1 Å². The average molecular weight is 265 g/mol. The number of nitrogens with zero attached hydrogens (tertiary/aromatic N) is 1. The van der Waals surface area contributed by atoms with Crippen LogP contribution in [-0.4, -0.2) is 10.1 Å². The molecule has 0 radical (unpaired) electrons. The van der Waals surface area contributed by atoms with Crippen molar-refractivity contribution in [2.45, 2.75) is 30.1 Å². The first-order valence-electron chi connectivity index (χ1n) is 5.41. The van der Waals surface area contributed by atoms with Crippen LogP contribution < -0.4 is 0 Å². The summed E-state index contributed by atoms with van der Waals surface area (Å²) in [5.41, 5.74) is -0.784. The van der Waals surface area contributed by atoms with Crippen LogP contribution in [0.1, 0.15) is 23.7 Å². The van der Waals surface area contributed by atoms with Gasteiger partial charge in [0.2, 0.25) is 0 Å². The summed E-state index contributed by atoms with van der Waals surface area (Å²) in [5.74, 6) is 0.852. The van der Waals surface area contributed by atoms with Crippen LogP contribution in [0.4, 0.5) is 0 Å². The lowest BCUT2D eigenvalue weighted by Gasteiger charge is -2.13. The normalized spacial score (nSPS) is 11.7. The summed E-state index contributed by atoms with van der Waals surface area (Å²) in [6.45, 7) is 3.57. The molecule has 0 aliphatic carbocycles. The molecule has 1 aromatic carbocycles. The molecule has 0 atom stereocenters. The van der Waals surface area contributed by atoms with Crippen molar-refractivity contribution in [1.82, 2.24) is 4.98 Å². The van der Waals surface area contributed by atoms with E-state index in [0.29, 0.717) is 0 Å². The molecule has 0 bridgehead atoms. The summed E-state index contributed by atoms with van der Waals surface area (Å²) in [6, 6.07) is 10.3. The van der Waals surface area contributed by atoms with Crippen molar-refractivity contribution in [3.8, 4) is 0 Å². The Hall–Kier alpha value is -0.840. The van der Waals surface area contributed by atoms with Crippen LogP contribution in [0.2, 0.25) is 0 Å². The van der Waals surface area contributed by atoms with E-state index < -0.39 is 5.60 Å². The van der Waals surface area contributed by atoms with E-state index in [2.05, 4.69) is 17.1 Å². The zero-order valence-electron chi connectivity index (χ0n) is 9.88. The van der Waals surface area contributed by atoms with E-state index in [9.17, 15) is 5.11 Å². The monoisotopic (exact) mass is 265 g/mol. The van der Waals surface area contributed by atoms with Gasteiger partial charge in [-0.2, -0.15) is 0 Å². The van der Waals surface area contributed by atoms with Crippen molar-refractivity contribution >= 4 is 23.1 Å². The molecule has 2 aromatic rings. The molecule has 0 saturated heterocycles. The number of aliphatic hydroxyl groups is 1. The van der Waals surface area contributed by atoms with Gasteiger partial charge in [-0.05, 0) is 26.0 Å². The number of rotatable bonds is 4. The van der Waals surface area contributed by atoms with Crippen LogP contribution in [0.3, 0.4) is 0 Å². The van der Waals surface area contributed by atoms with Gasteiger partial charge in [-0.3, -0.25) is 0 Å². The van der Waals surface area contributed by atoms with Crippen LogP contribution in [0.25, 0.3) is 0 Å². The molecule has 4 heteroatoms. The maximum absolute atomic E-state index is 9.85. The van der Waals surface area contributed by atoms with Crippen molar-refractivity contribution < 1.29 is 5.11 Å². The van der Waals surface area contributed by atoms with Gasteiger partial charge in [-0.1, -0.05) is 18.2 Å². The lowest BCUT2D eigenvalue weighted by Crippen LogP contribution is -2.12. The molecule has 90 valence electrons. The van der Waals surface area contributed by atoms with Crippen molar-refractivity contribution in [3.63, 3.8) is 0 Å². The lowest BCUT2D eigenvalue weighted by atomic mass is 10.1. The Kier molecular flexibility index (Phi) is 3.86. The third kappa shape index (κ3) is 3.56. The number of hydrogen-bond donors (Lipinski definition) is 1. The first kappa shape index (κ1) is 12.6. The third-order valence-electron chi connectivity index (χ3n) is 2.26. The highest BCUT2D eigenvalue weighted by Gasteiger charge is 2.19. The predicted molar refractivity (Wildman–Crippen MR) is 73.4 cm³/mol. The van der Waals surface area contributed by atoms with Crippen LogP contribution >= 0.6 is 23.1 Å². The van der Waals surface area contributed by atoms with Crippen LogP contribution in [0.5, 0.6) is 0 Å². The summed E-state index contributed by atoms with van der Waals surface area (Å²) in [5, 5.41) is 10.9. The molecule has 0 saturated carbocycles. The van der Waals surface area contributed by atoms with Gasteiger partial charge in [-0.25, -0.2) is 4.98 Å². The molecule has 2 rings (SSSR count). The summed E-state index contributed by atoms with van der Waals surface area (Å²) in [6.07, 6.45) is 1.77. The fourth-order valence-corrected chi connectivity index (χ4v) is 3.16. The molecule has 1 aromatic heterocycles. The van der Waals surface area contributed by atoms with Crippen molar-refractivity contribution in [3.05, 3.63) is 46.4 Å². The molecule has 0 aliphatic heterocycles. The summed E-state index contributed by atoms with van der Waals surface area (Å²) >= 11 is 3.34. The predicted octanol–water partition coefficient (Wildman–Crippen LogP) is 3.66. The number of thiazole rings is 1. The third-order valence-corrected chi connectivity index (χ3v) is 4.78. The van der Waals surface area contributed by atoms with Gasteiger partial charge in [-0.15, -0.1) is 23.1 Å². The Labute approximate surface area is 110 Å². The first-order valence-corrected chi connectivity index (χ1v) is 7.21. The molecule has 2 nitrogen and oxygen atoms in total. The molecular weight excluding hydrogens is 250 g/mol. The zero-order chi connectivity index (χ0) is 12.3. The van der Waals surface area contributed by atoms with E-state index in [1.807, 2.05) is 18.2 Å². The van der Waals surface area contributed by atoms with Gasteiger partial charge in [0.1, 0.15) is 5.01 Å². The highest BCUT2D eigenvalue weighted by atomic mass is 32.2. The van der Waals surface area contributed by atoms with Crippen LogP contribution in [-0.2, 0) is 11.4 Å². The van der Waals surface area contributed by atoms with E-state index in [4.69, 9.17) is 0 Å². The van der Waals surface area contributed by atoms with Gasteiger partial charge in [0.25, 0.3) is 0 Å². The minimum atomic E-state index is -0.784. The Morgan fingerprint density at radius 2 is 2.00 bits per heavy atom. The molecule has 0 fully saturated rings. The summed E-state index contributed by atoms with van der Waals surface area (Å²) < 4.78 is 0. The highest BCUT2D eigenvalue weighted by Crippen LogP contribution is 2.29. The molecular formula is C13H15NOS2. The van der Waals surface area contributed by atoms with Crippen LogP contribution in [0.15, 0.2) is 41.4 Å². The molecule has 0 amide bonds. The number of thioether (sulfide) groups is 1. The molecule has 1 heterocycles. The minimum absolute atomic E-state index is 0.784. The second-order valence-electron chi connectivity index (χ2n) is 4.28. The van der Waals surface area contributed by atoms with Crippen LogP contribution in [0, 0.1) is 0 Å². The fourth-order valence-electron chi connectivity index (χ4n) is 1.32. The Morgan fingerprint density at radius 3 is 2.59 bits per heavy atom. The first-order chi connectivity index (χ1) is 8.05. The Bertz CT molecular complexity index is 474. The Morgan fingerprint density at radius 1 is 1.29 bits per heavy atom. The zero-order valence-corrected chi connectivity index (χ0v) is 11.5. The largest absolute Gasteiger partial charge is 0.385 e. The van der Waals surface area contributed by atoms with Gasteiger partial charge in [0.15, 0.2) is 0 Å². The lowest BCUT2D eigenvalue weighted by molar-refractivity contribution is 0.0823. The van der Waals surface area contributed by atoms with E-state index >= 15 is 0 Å². The number of benzene rings is 1. The highest BCUT2D eigenvalue weighted by molar-refractivity contribution is 7.98. The molecule has 0 unspecified atom stereocenters. The maximum atomic E-state index is 9.85. The van der Waals surface area contributed by atoms with Crippen molar-refractivity contribution in [2.24, 2.45) is 0 Å². The number of aromatic nitrogens is 1. The van der Waals surface area contributed by atoms with Crippen molar-refractivity contribution in [1.29, 1.82) is 0 Å². The van der Waals surface area contributed by atoms with Gasteiger partial charge < -0.3 is 5.11 Å². The summed E-state index contributed by atoms with van der Waals surface area (Å²) in [7, 11) is 0.